The molecule has 6 heteroatoms. The SMILES string of the molecule is NNC(CSc1cccc(F)c1)Cc1cc(Cl)ccc1Cl. The van der Waals surface area contributed by atoms with Crippen molar-refractivity contribution in [2.75, 3.05) is 5.75 Å². The quantitative estimate of drug-likeness (QED) is 0.466. The van der Waals surface area contributed by atoms with Gasteiger partial charge in [-0.05, 0) is 48.4 Å². The van der Waals surface area contributed by atoms with Gasteiger partial charge in [-0.2, -0.15) is 0 Å². The highest BCUT2D eigenvalue weighted by atomic mass is 35.5. The minimum atomic E-state index is -0.241. The third-order valence-electron chi connectivity index (χ3n) is 2.96. The summed E-state index contributed by atoms with van der Waals surface area (Å²) in [6.45, 7) is 0. The van der Waals surface area contributed by atoms with Crippen molar-refractivity contribution in [3.8, 4) is 0 Å². The maximum absolute atomic E-state index is 13.1. The van der Waals surface area contributed by atoms with E-state index in [1.54, 1.807) is 18.2 Å². The highest BCUT2D eigenvalue weighted by molar-refractivity contribution is 7.99. The average Bonchev–Trinajstić information content (AvgIpc) is 2.47. The van der Waals surface area contributed by atoms with Gasteiger partial charge in [0.15, 0.2) is 0 Å². The topological polar surface area (TPSA) is 38.0 Å². The van der Waals surface area contributed by atoms with E-state index in [4.69, 9.17) is 29.0 Å². The predicted molar refractivity (Wildman–Crippen MR) is 88.4 cm³/mol. The highest BCUT2D eigenvalue weighted by Crippen LogP contribution is 2.24. The number of nitrogens with two attached hydrogens (primary N) is 1. The highest BCUT2D eigenvalue weighted by Gasteiger charge is 2.11. The minimum Gasteiger partial charge on any atom is -0.271 e. The van der Waals surface area contributed by atoms with Crippen LogP contribution in [-0.4, -0.2) is 11.8 Å². The van der Waals surface area contributed by atoms with Gasteiger partial charge in [0, 0.05) is 26.7 Å². The van der Waals surface area contributed by atoms with E-state index < -0.39 is 0 Å². The number of rotatable bonds is 6. The molecular formula is C15H15Cl2FN2S. The molecule has 0 fully saturated rings. The lowest BCUT2D eigenvalue weighted by Crippen LogP contribution is -2.38. The van der Waals surface area contributed by atoms with Crippen LogP contribution in [-0.2, 0) is 6.42 Å². The molecule has 2 rings (SSSR count). The summed E-state index contributed by atoms with van der Waals surface area (Å²) >= 11 is 13.7. The van der Waals surface area contributed by atoms with Crippen LogP contribution in [0, 0.1) is 5.82 Å². The average molecular weight is 345 g/mol. The molecule has 0 amide bonds. The Bertz CT molecular complexity index is 610. The van der Waals surface area contributed by atoms with Crippen LogP contribution in [0.25, 0.3) is 0 Å². The van der Waals surface area contributed by atoms with Crippen LogP contribution in [0.15, 0.2) is 47.4 Å². The lowest BCUT2D eigenvalue weighted by Gasteiger charge is -2.16. The zero-order chi connectivity index (χ0) is 15.2. The summed E-state index contributed by atoms with van der Waals surface area (Å²) in [4.78, 5) is 0.868. The van der Waals surface area contributed by atoms with Crippen molar-refractivity contribution in [3.05, 3.63) is 63.9 Å². The van der Waals surface area contributed by atoms with E-state index in [9.17, 15) is 4.39 Å². The van der Waals surface area contributed by atoms with E-state index >= 15 is 0 Å². The summed E-state index contributed by atoms with van der Waals surface area (Å²) in [5.74, 6) is 6.05. The number of hydrogen-bond donors (Lipinski definition) is 2. The molecule has 0 aliphatic carbocycles. The summed E-state index contributed by atoms with van der Waals surface area (Å²) in [7, 11) is 0. The second kappa shape index (κ2) is 8.01. The second-order valence-corrected chi connectivity index (χ2v) is 6.51. The molecule has 0 saturated heterocycles. The molecule has 112 valence electrons. The van der Waals surface area contributed by atoms with Crippen molar-refractivity contribution in [1.82, 2.24) is 5.43 Å². The van der Waals surface area contributed by atoms with Crippen LogP contribution >= 0.6 is 35.0 Å². The molecule has 3 N–H and O–H groups in total. The van der Waals surface area contributed by atoms with Crippen LogP contribution in [0.2, 0.25) is 10.0 Å². The third-order valence-corrected chi connectivity index (χ3v) is 4.72. The second-order valence-electron chi connectivity index (χ2n) is 4.57. The summed E-state index contributed by atoms with van der Waals surface area (Å²) in [6, 6.07) is 11.9. The largest absolute Gasteiger partial charge is 0.271 e. The number of hydrogen-bond acceptors (Lipinski definition) is 3. The van der Waals surface area contributed by atoms with Crippen LogP contribution in [0.4, 0.5) is 4.39 Å². The third kappa shape index (κ3) is 5.16. The van der Waals surface area contributed by atoms with Crippen LogP contribution in [0.5, 0.6) is 0 Å². The van der Waals surface area contributed by atoms with E-state index in [1.165, 1.54) is 23.9 Å². The minimum absolute atomic E-state index is 0.00855. The van der Waals surface area contributed by atoms with Crippen molar-refractivity contribution in [1.29, 1.82) is 0 Å². The van der Waals surface area contributed by atoms with Gasteiger partial charge in [-0.1, -0.05) is 29.3 Å². The lowest BCUT2D eigenvalue weighted by molar-refractivity contribution is 0.575. The molecule has 0 aliphatic heterocycles. The van der Waals surface area contributed by atoms with Gasteiger partial charge >= 0.3 is 0 Å². The Labute approximate surface area is 137 Å². The number of nitrogens with one attached hydrogen (secondary N) is 1. The number of thioether (sulfide) groups is 1. The van der Waals surface area contributed by atoms with Crippen LogP contribution in [0.1, 0.15) is 5.56 Å². The number of benzene rings is 2. The van der Waals surface area contributed by atoms with Crippen molar-refractivity contribution < 1.29 is 4.39 Å². The molecule has 2 aromatic rings. The first kappa shape index (κ1) is 16.6. The van der Waals surface area contributed by atoms with Gasteiger partial charge < -0.3 is 0 Å². The van der Waals surface area contributed by atoms with Gasteiger partial charge in [-0.15, -0.1) is 11.8 Å². The lowest BCUT2D eigenvalue weighted by atomic mass is 10.1. The molecule has 0 saturated carbocycles. The van der Waals surface area contributed by atoms with Crippen molar-refractivity contribution in [3.63, 3.8) is 0 Å². The number of halogens is 3. The number of hydrazine groups is 1. The monoisotopic (exact) mass is 344 g/mol. The summed E-state index contributed by atoms with van der Waals surface area (Å²) in [5.41, 5.74) is 3.70. The molecule has 0 radical (unpaired) electrons. The molecule has 1 unspecified atom stereocenters. The van der Waals surface area contributed by atoms with Gasteiger partial charge in [-0.3, -0.25) is 11.3 Å². The molecule has 21 heavy (non-hydrogen) atoms. The predicted octanol–water partition coefficient (Wildman–Crippen LogP) is 4.30. The fraction of sp³-hybridized carbons (Fsp3) is 0.200. The van der Waals surface area contributed by atoms with Gasteiger partial charge in [-0.25, -0.2) is 4.39 Å². The van der Waals surface area contributed by atoms with Crippen LogP contribution < -0.4 is 11.3 Å². The van der Waals surface area contributed by atoms with Gasteiger partial charge in [0.25, 0.3) is 0 Å². The van der Waals surface area contributed by atoms with Gasteiger partial charge in [0.05, 0.1) is 0 Å². The Hall–Kier alpha value is -0.780. The molecule has 0 heterocycles. The molecule has 0 aromatic heterocycles. The smallest absolute Gasteiger partial charge is 0.124 e. The van der Waals surface area contributed by atoms with Crippen molar-refractivity contribution in [2.45, 2.75) is 17.4 Å². The summed E-state index contributed by atoms with van der Waals surface area (Å²) < 4.78 is 13.1. The van der Waals surface area contributed by atoms with Crippen LogP contribution in [0.3, 0.4) is 0 Å². The Kier molecular flexibility index (Phi) is 6.33. The van der Waals surface area contributed by atoms with E-state index in [1.807, 2.05) is 12.1 Å². The van der Waals surface area contributed by atoms with Gasteiger partial charge in [0.1, 0.15) is 5.82 Å². The normalized spacial score (nSPS) is 12.4. The molecule has 0 spiro atoms. The molecule has 2 nitrogen and oxygen atoms in total. The first-order valence-electron chi connectivity index (χ1n) is 6.37. The fourth-order valence-corrected chi connectivity index (χ4v) is 3.25. The van der Waals surface area contributed by atoms with E-state index in [-0.39, 0.29) is 11.9 Å². The molecule has 1 atom stereocenters. The molecule has 0 bridgehead atoms. The Morgan fingerprint density at radius 3 is 2.71 bits per heavy atom. The van der Waals surface area contributed by atoms with Crippen molar-refractivity contribution in [2.24, 2.45) is 5.84 Å². The summed E-state index contributed by atoms with van der Waals surface area (Å²) in [5, 5.41) is 1.30. The standard InChI is InChI=1S/C15H15Cl2FN2S/c16-11-4-5-15(17)10(6-11)7-13(20-19)9-21-14-3-1-2-12(18)8-14/h1-6,8,13,20H,7,9,19H2. The first-order valence-corrected chi connectivity index (χ1v) is 8.11. The molecular weight excluding hydrogens is 330 g/mol. The first-order chi connectivity index (χ1) is 10.1. The fourth-order valence-electron chi connectivity index (χ4n) is 1.88. The maximum atomic E-state index is 13.1. The zero-order valence-corrected chi connectivity index (χ0v) is 13.5. The Balaban J connectivity index is 1.98. The van der Waals surface area contributed by atoms with E-state index in [0.717, 1.165) is 10.5 Å². The summed E-state index contributed by atoms with van der Waals surface area (Å²) in [6.07, 6.45) is 0.651. The zero-order valence-electron chi connectivity index (χ0n) is 11.2. The van der Waals surface area contributed by atoms with Gasteiger partial charge in [0.2, 0.25) is 0 Å². The maximum Gasteiger partial charge on any atom is 0.124 e. The van der Waals surface area contributed by atoms with Crippen molar-refractivity contribution >= 4 is 35.0 Å². The van der Waals surface area contributed by atoms with E-state index in [0.29, 0.717) is 22.2 Å². The molecule has 0 aliphatic rings. The van der Waals surface area contributed by atoms with E-state index in [2.05, 4.69) is 5.43 Å². The Morgan fingerprint density at radius 2 is 2.00 bits per heavy atom. The Morgan fingerprint density at radius 1 is 1.19 bits per heavy atom. The molecule has 2 aromatic carbocycles.